The van der Waals surface area contributed by atoms with E-state index in [4.69, 9.17) is 22.7 Å². The third kappa shape index (κ3) is 3.95. The van der Waals surface area contributed by atoms with E-state index in [0.717, 1.165) is 38.3 Å². The van der Waals surface area contributed by atoms with Crippen LogP contribution in [0.4, 0.5) is 0 Å². The maximum absolute atomic E-state index is 7.42. The highest BCUT2D eigenvalue weighted by atomic mass is 35.5. The van der Waals surface area contributed by atoms with Crippen molar-refractivity contribution in [2.45, 2.75) is 19.9 Å². The second-order valence-corrected chi connectivity index (χ2v) is 5.74. The van der Waals surface area contributed by atoms with Crippen LogP contribution >= 0.6 is 11.6 Å². The predicted octanol–water partition coefficient (Wildman–Crippen LogP) is 2.15. The fourth-order valence-corrected chi connectivity index (χ4v) is 2.81. The molecule has 1 aliphatic rings. The summed E-state index contributed by atoms with van der Waals surface area (Å²) in [6.07, 6.45) is 1.22. The maximum atomic E-state index is 7.42. The maximum Gasteiger partial charge on any atom is 0.122 e. The van der Waals surface area contributed by atoms with E-state index in [2.05, 4.69) is 16.7 Å². The van der Waals surface area contributed by atoms with Crippen LogP contribution in [-0.2, 0) is 6.54 Å². The van der Waals surface area contributed by atoms with Crippen LogP contribution in [0.2, 0.25) is 5.02 Å². The van der Waals surface area contributed by atoms with E-state index in [-0.39, 0.29) is 5.84 Å². The molecule has 3 N–H and O–H groups in total. The Hall–Kier alpha value is -1.10. The van der Waals surface area contributed by atoms with E-state index in [1.807, 2.05) is 12.1 Å². The first-order chi connectivity index (χ1) is 9.60. The van der Waals surface area contributed by atoms with Gasteiger partial charge in [0.1, 0.15) is 5.84 Å². The Morgan fingerprint density at radius 1 is 1.25 bits per heavy atom. The smallest absolute Gasteiger partial charge is 0.122 e. The van der Waals surface area contributed by atoms with Crippen molar-refractivity contribution in [3.63, 3.8) is 0 Å². The lowest BCUT2D eigenvalue weighted by molar-refractivity contribution is 0.127. The molecule has 0 bridgehead atoms. The molecule has 1 aromatic rings. The molecule has 1 aliphatic heterocycles. The van der Waals surface area contributed by atoms with Gasteiger partial charge in [0.2, 0.25) is 0 Å². The molecule has 0 aliphatic carbocycles. The molecule has 5 heteroatoms. The van der Waals surface area contributed by atoms with E-state index >= 15 is 0 Å². The summed E-state index contributed by atoms with van der Waals surface area (Å²) in [7, 11) is 0. The quantitative estimate of drug-likeness (QED) is 0.646. The van der Waals surface area contributed by atoms with Crippen molar-refractivity contribution in [2.75, 3.05) is 32.7 Å². The number of nitrogens with one attached hydrogen (secondary N) is 1. The zero-order valence-corrected chi connectivity index (χ0v) is 12.8. The van der Waals surface area contributed by atoms with Gasteiger partial charge in [-0.15, -0.1) is 0 Å². The topological polar surface area (TPSA) is 56.4 Å². The van der Waals surface area contributed by atoms with Gasteiger partial charge in [0.05, 0.1) is 0 Å². The summed E-state index contributed by atoms with van der Waals surface area (Å²) in [5, 5.41) is 8.12. The van der Waals surface area contributed by atoms with Gasteiger partial charge in [0.25, 0.3) is 0 Å². The molecule has 1 fully saturated rings. The summed E-state index contributed by atoms with van der Waals surface area (Å²) in [5.41, 5.74) is 7.27. The zero-order valence-electron chi connectivity index (χ0n) is 12.0. The first kappa shape index (κ1) is 15.3. The summed E-state index contributed by atoms with van der Waals surface area (Å²) in [5.74, 6) is 0.0617. The molecule has 0 unspecified atom stereocenters. The predicted molar refractivity (Wildman–Crippen MR) is 84.5 cm³/mol. The summed E-state index contributed by atoms with van der Waals surface area (Å²) < 4.78 is 0. The second kappa shape index (κ2) is 7.07. The molecule has 1 heterocycles. The number of hydrogen-bond donors (Lipinski definition) is 2. The SMILES string of the molecule is CCCN1CCN(Cc2ccc(C(=N)N)cc2Cl)CC1. The first-order valence-corrected chi connectivity index (χ1v) is 7.55. The largest absolute Gasteiger partial charge is 0.384 e. The zero-order chi connectivity index (χ0) is 14.5. The Bertz CT molecular complexity index is 467. The molecular formula is C15H23ClN4. The van der Waals surface area contributed by atoms with E-state index in [0.29, 0.717) is 10.6 Å². The van der Waals surface area contributed by atoms with Crippen molar-refractivity contribution in [1.29, 1.82) is 5.41 Å². The highest BCUT2D eigenvalue weighted by molar-refractivity contribution is 6.31. The van der Waals surface area contributed by atoms with Crippen molar-refractivity contribution in [1.82, 2.24) is 9.80 Å². The summed E-state index contributed by atoms with van der Waals surface area (Å²) in [4.78, 5) is 4.94. The van der Waals surface area contributed by atoms with Crippen molar-refractivity contribution >= 4 is 17.4 Å². The Morgan fingerprint density at radius 2 is 1.90 bits per heavy atom. The monoisotopic (exact) mass is 294 g/mol. The molecule has 1 aromatic carbocycles. The first-order valence-electron chi connectivity index (χ1n) is 7.17. The van der Waals surface area contributed by atoms with Gasteiger partial charge in [-0.05, 0) is 24.6 Å². The van der Waals surface area contributed by atoms with Crippen LogP contribution in [0.5, 0.6) is 0 Å². The lowest BCUT2D eigenvalue weighted by atomic mass is 10.1. The highest BCUT2D eigenvalue weighted by Crippen LogP contribution is 2.20. The van der Waals surface area contributed by atoms with Crippen LogP contribution in [0.1, 0.15) is 24.5 Å². The Morgan fingerprint density at radius 3 is 2.45 bits per heavy atom. The molecular weight excluding hydrogens is 272 g/mol. The molecule has 0 spiro atoms. The van der Waals surface area contributed by atoms with Crippen LogP contribution in [0.25, 0.3) is 0 Å². The van der Waals surface area contributed by atoms with Gasteiger partial charge in [0.15, 0.2) is 0 Å². The number of hydrogen-bond acceptors (Lipinski definition) is 3. The van der Waals surface area contributed by atoms with Gasteiger partial charge >= 0.3 is 0 Å². The Labute approximate surface area is 126 Å². The molecule has 0 amide bonds. The normalized spacial score (nSPS) is 17.3. The molecule has 0 aromatic heterocycles. The molecule has 110 valence electrons. The standard InChI is InChI=1S/C15H23ClN4/c1-2-5-19-6-8-20(9-7-19)11-13-4-3-12(15(17)18)10-14(13)16/h3-4,10H,2,5-9,11H2,1H3,(H3,17,18). The highest BCUT2D eigenvalue weighted by Gasteiger charge is 2.17. The van der Waals surface area contributed by atoms with Crippen LogP contribution in [0.15, 0.2) is 18.2 Å². The number of nitrogens with zero attached hydrogens (tertiary/aromatic N) is 2. The van der Waals surface area contributed by atoms with Crippen LogP contribution in [0, 0.1) is 5.41 Å². The summed E-state index contributed by atoms with van der Waals surface area (Å²) in [6.45, 7) is 8.74. The third-order valence-electron chi connectivity index (χ3n) is 3.76. The van der Waals surface area contributed by atoms with E-state index in [1.54, 1.807) is 6.07 Å². The lowest BCUT2D eigenvalue weighted by Gasteiger charge is -2.34. The number of halogens is 1. The second-order valence-electron chi connectivity index (χ2n) is 5.34. The van der Waals surface area contributed by atoms with Crippen LogP contribution < -0.4 is 5.73 Å². The van der Waals surface area contributed by atoms with Crippen molar-refractivity contribution in [3.05, 3.63) is 34.3 Å². The van der Waals surface area contributed by atoms with E-state index < -0.39 is 0 Å². The van der Waals surface area contributed by atoms with E-state index in [9.17, 15) is 0 Å². The number of piperazine rings is 1. The number of rotatable bonds is 5. The third-order valence-corrected chi connectivity index (χ3v) is 4.11. The minimum Gasteiger partial charge on any atom is -0.384 e. The lowest BCUT2D eigenvalue weighted by Crippen LogP contribution is -2.46. The molecule has 0 saturated carbocycles. The minimum absolute atomic E-state index is 0.0617. The van der Waals surface area contributed by atoms with Gasteiger partial charge in [-0.3, -0.25) is 10.3 Å². The number of amidine groups is 1. The number of nitrogen functional groups attached to an aromatic ring is 1. The van der Waals surface area contributed by atoms with Crippen molar-refractivity contribution < 1.29 is 0 Å². The molecule has 1 saturated heterocycles. The molecule has 0 atom stereocenters. The molecule has 2 rings (SSSR count). The molecule has 20 heavy (non-hydrogen) atoms. The summed E-state index contributed by atoms with van der Waals surface area (Å²) in [6, 6.07) is 5.64. The average Bonchev–Trinajstić information content (AvgIpc) is 2.43. The summed E-state index contributed by atoms with van der Waals surface area (Å²) >= 11 is 6.28. The van der Waals surface area contributed by atoms with E-state index in [1.165, 1.54) is 13.0 Å². The van der Waals surface area contributed by atoms with Crippen molar-refractivity contribution in [2.24, 2.45) is 5.73 Å². The van der Waals surface area contributed by atoms with Crippen LogP contribution in [-0.4, -0.2) is 48.4 Å². The van der Waals surface area contributed by atoms with Gasteiger partial charge < -0.3 is 10.6 Å². The van der Waals surface area contributed by atoms with Crippen molar-refractivity contribution in [3.8, 4) is 0 Å². The number of nitrogens with two attached hydrogens (primary N) is 1. The van der Waals surface area contributed by atoms with Crippen LogP contribution in [0.3, 0.4) is 0 Å². The van der Waals surface area contributed by atoms with Gasteiger partial charge in [-0.25, -0.2) is 0 Å². The van der Waals surface area contributed by atoms with Gasteiger partial charge in [-0.1, -0.05) is 30.7 Å². The fraction of sp³-hybridized carbons (Fsp3) is 0.533. The Kier molecular flexibility index (Phi) is 5.40. The van der Waals surface area contributed by atoms with Gasteiger partial charge in [0, 0.05) is 43.3 Å². The average molecular weight is 295 g/mol. The Balaban J connectivity index is 1.93. The minimum atomic E-state index is 0.0617. The molecule has 4 nitrogen and oxygen atoms in total. The van der Waals surface area contributed by atoms with Gasteiger partial charge in [-0.2, -0.15) is 0 Å². The fourth-order valence-electron chi connectivity index (χ4n) is 2.57. The molecule has 0 radical (unpaired) electrons. The number of benzene rings is 1.